The number of carbonyl (C=O) groups excluding carboxylic acids is 1. The second-order valence-electron chi connectivity index (χ2n) is 5.82. The molecule has 2 rings (SSSR count). The van der Waals surface area contributed by atoms with Gasteiger partial charge in [-0.05, 0) is 31.8 Å². The molecule has 1 heterocycles. The number of hydrogen-bond acceptors (Lipinski definition) is 4. The van der Waals surface area contributed by atoms with Gasteiger partial charge in [0.05, 0.1) is 0 Å². The van der Waals surface area contributed by atoms with Crippen molar-refractivity contribution in [1.29, 1.82) is 0 Å². The lowest BCUT2D eigenvalue weighted by molar-refractivity contribution is -0.128. The van der Waals surface area contributed by atoms with Crippen molar-refractivity contribution in [3.63, 3.8) is 0 Å². The van der Waals surface area contributed by atoms with Crippen molar-refractivity contribution in [2.24, 2.45) is 5.92 Å². The Labute approximate surface area is 126 Å². The lowest BCUT2D eigenvalue weighted by Gasteiger charge is -2.17. The normalized spacial score (nSPS) is 18.6. The molecule has 0 aromatic heterocycles. The van der Waals surface area contributed by atoms with Crippen LogP contribution in [-0.4, -0.2) is 61.2 Å². The van der Waals surface area contributed by atoms with Crippen LogP contribution in [0, 0.1) is 5.92 Å². The SMILES string of the molecule is CN(C)CCOc1ccc(CN2CC(CO)CC2=O)cc1. The van der Waals surface area contributed by atoms with Gasteiger partial charge < -0.3 is 19.6 Å². The van der Waals surface area contributed by atoms with Gasteiger partial charge in [-0.3, -0.25) is 4.79 Å². The van der Waals surface area contributed by atoms with E-state index in [9.17, 15) is 4.79 Å². The summed E-state index contributed by atoms with van der Waals surface area (Å²) in [6.45, 7) is 2.88. The van der Waals surface area contributed by atoms with Crippen LogP contribution in [0.3, 0.4) is 0 Å². The topological polar surface area (TPSA) is 53.0 Å². The van der Waals surface area contributed by atoms with Gasteiger partial charge in [0, 0.05) is 38.6 Å². The minimum atomic E-state index is 0.0842. The molecule has 5 nitrogen and oxygen atoms in total. The zero-order chi connectivity index (χ0) is 15.2. The van der Waals surface area contributed by atoms with E-state index in [1.807, 2.05) is 43.3 Å². The van der Waals surface area contributed by atoms with Crippen molar-refractivity contribution >= 4 is 5.91 Å². The van der Waals surface area contributed by atoms with Gasteiger partial charge in [-0.1, -0.05) is 12.1 Å². The molecule has 5 heteroatoms. The van der Waals surface area contributed by atoms with Crippen LogP contribution in [0.15, 0.2) is 24.3 Å². The zero-order valence-corrected chi connectivity index (χ0v) is 12.8. The molecule has 0 bridgehead atoms. The van der Waals surface area contributed by atoms with E-state index >= 15 is 0 Å². The van der Waals surface area contributed by atoms with Crippen LogP contribution in [0.2, 0.25) is 0 Å². The molecular weight excluding hydrogens is 268 g/mol. The number of benzene rings is 1. The highest BCUT2D eigenvalue weighted by Gasteiger charge is 2.28. The second-order valence-corrected chi connectivity index (χ2v) is 5.82. The molecule has 1 aliphatic rings. The van der Waals surface area contributed by atoms with Gasteiger partial charge in [0.2, 0.25) is 5.91 Å². The number of hydrogen-bond donors (Lipinski definition) is 1. The van der Waals surface area contributed by atoms with Gasteiger partial charge in [0.1, 0.15) is 12.4 Å². The lowest BCUT2D eigenvalue weighted by Crippen LogP contribution is -2.24. The maximum absolute atomic E-state index is 11.8. The van der Waals surface area contributed by atoms with Crippen molar-refractivity contribution in [3.05, 3.63) is 29.8 Å². The average Bonchev–Trinajstić information content (AvgIpc) is 2.81. The average molecular weight is 292 g/mol. The molecule has 1 N–H and O–H groups in total. The highest BCUT2D eigenvalue weighted by atomic mass is 16.5. The first-order chi connectivity index (χ1) is 10.1. The number of likely N-dealkylation sites (tertiary alicyclic amines) is 1. The van der Waals surface area contributed by atoms with Gasteiger partial charge >= 0.3 is 0 Å². The Morgan fingerprint density at radius 1 is 1.33 bits per heavy atom. The largest absolute Gasteiger partial charge is 0.492 e. The Kier molecular flexibility index (Phi) is 5.59. The molecule has 1 atom stereocenters. The van der Waals surface area contributed by atoms with E-state index in [4.69, 9.17) is 9.84 Å². The van der Waals surface area contributed by atoms with Crippen molar-refractivity contribution < 1.29 is 14.6 Å². The van der Waals surface area contributed by atoms with Gasteiger partial charge in [0.15, 0.2) is 0 Å². The van der Waals surface area contributed by atoms with Crippen molar-refractivity contribution in [2.45, 2.75) is 13.0 Å². The summed E-state index contributed by atoms with van der Waals surface area (Å²) in [5.41, 5.74) is 1.09. The Balaban J connectivity index is 1.83. The summed E-state index contributed by atoms with van der Waals surface area (Å²) in [5.74, 6) is 1.06. The summed E-state index contributed by atoms with van der Waals surface area (Å²) in [4.78, 5) is 15.7. The first-order valence-corrected chi connectivity index (χ1v) is 7.33. The third-order valence-corrected chi connectivity index (χ3v) is 3.66. The van der Waals surface area contributed by atoms with E-state index in [-0.39, 0.29) is 18.4 Å². The van der Waals surface area contributed by atoms with Crippen LogP contribution in [0.25, 0.3) is 0 Å². The number of rotatable bonds is 7. The molecule has 0 radical (unpaired) electrons. The number of aliphatic hydroxyl groups is 1. The fraction of sp³-hybridized carbons (Fsp3) is 0.562. The fourth-order valence-corrected chi connectivity index (χ4v) is 2.39. The Bertz CT molecular complexity index is 459. The summed E-state index contributed by atoms with van der Waals surface area (Å²) in [6, 6.07) is 7.86. The number of ether oxygens (including phenoxy) is 1. The Morgan fingerprint density at radius 2 is 2.05 bits per heavy atom. The quantitative estimate of drug-likeness (QED) is 0.813. The van der Waals surface area contributed by atoms with E-state index < -0.39 is 0 Å². The third kappa shape index (κ3) is 4.72. The van der Waals surface area contributed by atoms with Crippen LogP contribution >= 0.6 is 0 Å². The predicted octanol–water partition coefficient (Wildman–Crippen LogP) is 0.968. The molecule has 116 valence electrons. The molecule has 0 saturated carbocycles. The third-order valence-electron chi connectivity index (χ3n) is 3.66. The molecule has 21 heavy (non-hydrogen) atoms. The van der Waals surface area contributed by atoms with Gasteiger partial charge in [-0.15, -0.1) is 0 Å². The Morgan fingerprint density at radius 3 is 2.62 bits per heavy atom. The van der Waals surface area contributed by atoms with Crippen LogP contribution < -0.4 is 4.74 Å². The van der Waals surface area contributed by atoms with E-state index in [0.717, 1.165) is 17.9 Å². The first-order valence-electron chi connectivity index (χ1n) is 7.33. The standard InChI is InChI=1S/C16H24N2O3/c1-17(2)7-8-21-15-5-3-13(4-6-15)10-18-11-14(12-19)9-16(18)20/h3-6,14,19H,7-12H2,1-2H3. The van der Waals surface area contributed by atoms with Crippen LogP contribution in [0.5, 0.6) is 5.75 Å². The monoisotopic (exact) mass is 292 g/mol. The molecule has 0 aliphatic carbocycles. The Hall–Kier alpha value is -1.59. The van der Waals surface area contributed by atoms with Crippen LogP contribution in [0.1, 0.15) is 12.0 Å². The van der Waals surface area contributed by atoms with E-state index in [1.54, 1.807) is 0 Å². The molecule has 1 saturated heterocycles. The number of nitrogens with zero attached hydrogens (tertiary/aromatic N) is 2. The molecule has 1 aliphatic heterocycles. The highest BCUT2D eigenvalue weighted by molar-refractivity contribution is 5.78. The molecule has 1 aromatic rings. The predicted molar refractivity (Wildman–Crippen MR) is 81.1 cm³/mol. The van der Waals surface area contributed by atoms with Crippen molar-refractivity contribution in [3.8, 4) is 5.75 Å². The fourth-order valence-electron chi connectivity index (χ4n) is 2.39. The van der Waals surface area contributed by atoms with E-state index in [2.05, 4.69) is 4.90 Å². The number of likely N-dealkylation sites (N-methyl/N-ethyl adjacent to an activating group) is 1. The molecular formula is C16H24N2O3. The van der Waals surface area contributed by atoms with Gasteiger partial charge in [-0.25, -0.2) is 0 Å². The second kappa shape index (κ2) is 7.43. The minimum Gasteiger partial charge on any atom is -0.492 e. The van der Waals surface area contributed by atoms with E-state index in [0.29, 0.717) is 26.1 Å². The maximum Gasteiger partial charge on any atom is 0.223 e. The minimum absolute atomic E-state index is 0.0842. The smallest absolute Gasteiger partial charge is 0.223 e. The molecule has 1 aromatic carbocycles. The molecule has 1 unspecified atom stereocenters. The number of amides is 1. The summed E-state index contributed by atoms with van der Waals surface area (Å²) in [7, 11) is 4.03. The summed E-state index contributed by atoms with van der Waals surface area (Å²) in [6.07, 6.45) is 0.461. The van der Waals surface area contributed by atoms with Crippen LogP contribution in [-0.2, 0) is 11.3 Å². The highest BCUT2D eigenvalue weighted by Crippen LogP contribution is 2.20. The zero-order valence-electron chi connectivity index (χ0n) is 12.8. The van der Waals surface area contributed by atoms with Gasteiger partial charge in [0.25, 0.3) is 0 Å². The number of aliphatic hydroxyl groups excluding tert-OH is 1. The lowest BCUT2D eigenvalue weighted by atomic mass is 10.1. The van der Waals surface area contributed by atoms with Crippen molar-refractivity contribution in [2.75, 3.05) is 40.4 Å². The van der Waals surface area contributed by atoms with Crippen molar-refractivity contribution in [1.82, 2.24) is 9.80 Å². The summed E-state index contributed by atoms with van der Waals surface area (Å²) >= 11 is 0. The van der Waals surface area contributed by atoms with E-state index in [1.165, 1.54) is 0 Å². The maximum atomic E-state index is 11.8. The molecule has 0 spiro atoms. The summed E-state index contributed by atoms with van der Waals surface area (Å²) in [5, 5.41) is 9.13. The summed E-state index contributed by atoms with van der Waals surface area (Å²) < 4.78 is 5.64. The van der Waals surface area contributed by atoms with Crippen LogP contribution in [0.4, 0.5) is 0 Å². The molecule has 1 amide bonds. The van der Waals surface area contributed by atoms with Gasteiger partial charge in [-0.2, -0.15) is 0 Å². The first kappa shape index (κ1) is 15.8. The number of carbonyl (C=O) groups is 1. The molecule has 1 fully saturated rings.